The number of hydrogen-bond donors (Lipinski definition) is 0. The molecule has 0 fully saturated rings. The molecule has 0 bridgehead atoms. The van der Waals surface area contributed by atoms with E-state index in [1.807, 2.05) is 24.3 Å². The van der Waals surface area contributed by atoms with Gasteiger partial charge in [-0.15, -0.1) is 0 Å². The minimum atomic E-state index is -0.240. The number of para-hydroxylation sites is 2. The van der Waals surface area contributed by atoms with Crippen molar-refractivity contribution in [2.24, 2.45) is 0 Å². The average Bonchev–Trinajstić information content (AvgIpc) is 4.14. The summed E-state index contributed by atoms with van der Waals surface area (Å²) < 4.78 is 27.9. The van der Waals surface area contributed by atoms with Crippen molar-refractivity contribution >= 4 is 101 Å². The van der Waals surface area contributed by atoms with Crippen LogP contribution in [0.25, 0.3) is 66.5 Å². The number of anilines is 6. The predicted molar refractivity (Wildman–Crippen MR) is 305 cm³/mol. The van der Waals surface area contributed by atoms with E-state index in [1.165, 1.54) is 22.2 Å². The quantitative estimate of drug-likeness (QED) is 0.164. The largest absolute Gasteiger partial charge is 0.456 e. The van der Waals surface area contributed by atoms with Crippen molar-refractivity contribution < 1.29 is 17.7 Å². The van der Waals surface area contributed by atoms with Crippen molar-refractivity contribution in [3.05, 3.63) is 172 Å². The molecule has 6 nitrogen and oxygen atoms in total. The molecule has 2 aliphatic rings. The van der Waals surface area contributed by atoms with E-state index in [0.29, 0.717) is 0 Å². The molecule has 0 saturated heterocycles. The lowest BCUT2D eigenvalue weighted by Crippen LogP contribution is -2.61. The summed E-state index contributed by atoms with van der Waals surface area (Å²) in [7, 11) is 0. The molecule has 11 aromatic rings. The van der Waals surface area contributed by atoms with Gasteiger partial charge >= 0.3 is 0 Å². The second kappa shape index (κ2) is 15.4. The molecule has 0 amide bonds. The van der Waals surface area contributed by atoms with Crippen LogP contribution < -0.4 is 26.2 Å². The fraction of sp³-hybridized carbons (Fsp3) is 0.242. The van der Waals surface area contributed by atoms with Gasteiger partial charge in [0.15, 0.2) is 0 Å². The molecule has 7 aromatic carbocycles. The first-order chi connectivity index (χ1) is 34.7. The number of furan rings is 4. The summed E-state index contributed by atoms with van der Waals surface area (Å²) in [6.45, 7) is 29.4. The Kier molecular flexibility index (Phi) is 9.57. The number of hydrogen-bond acceptors (Lipinski definition) is 6. The molecule has 0 aliphatic carbocycles. The summed E-state index contributed by atoms with van der Waals surface area (Å²) in [4.78, 5) is 4.92. The summed E-state index contributed by atoms with van der Waals surface area (Å²) in [5, 5.41) is 4.41. The highest BCUT2D eigenvalue weighted by molar-refractivity contribution is 7.02. The summed E-state index contributed by atoms with van der Waals surface area (Å²) >= 11 is 0. The van der Waals surface area contributed by atoms with Crippen LogP contribution in [0.4, 0.5) is 34.5 Å². The highest BCUT2D eigenvalue weighted by Gasteiger charge is 2.50. The topological polar surface area (TPSA) is 59.0 Å². The molecule has 0 N–H and O–H groups in total. The highest BCUT2D eigenvalue weighted by atomic mass is 16.4. The third kappa shape index (κ3) is 6.91. The SMILES string of the molecule is Cc1cc(-c2cc3ccccc3o2)cc(C)c1N1c2cc(C(C)(C)C)cc3c2B(c2c1oc1ccc(C(C)(C)C)cc21)c1c(oc2ccc(C(C)(C)C)cc12)N3c1c(C)cc(-c2cc3ccccc3o2)cc1C. The van der Waals surface area contributed by atoms with Gasteiger partial charge in [-0.3, -0.25) is 9.80 Å². The standard InChI is InChI=1S/C66H61BN2O4/c1-36-26-42(55-30-40-18-14-16-20-51(40)70-55)27-37(2)60(36)68-49-34-46(66(11,12)13)35-50-59(49)67(57-47-32-44(64(5,6)7)22-24-53(47)72-62(57)68)58-48-33-45(65(8,9)10)23-25-54(48)73-63(58)69(50)61-38(3)28-43(29-39(61)4)56-31-41-19-15-17-21-52(41)71-56/h14-35H,1-13H3. The normalized spacial score (nSPS) is 13.7. The molecule has 13 rings (SSSR count). The van der Waals surface area contributed by atoms with Crippen LogP contribution in [0.3, 0.4) is 0 Å². The van der Waals surface area contributed by atoms with Crippen molar-refractivity contribution in [1.29, 1.82) is 0 Å². The lowest BCUT2D eigenvalue weighted by atomic mass is 9.33. The monoisotopic (exact) mass is 956 g/mol. The Labute approximate surface area is 428 Å². The van der Waals surface area contributed by atoms with Gasteiger partial charge in [0.1, 0.15) is 33.9 Å². The van der Waals surface area contributed by atoms with E-state index in [1.54, 1.807) is 0 Å². The van der Waals surface area contributed by atoms with Gasteiger partial charge in [-0.1, -0.05) is 111 Å². The molecular formula is C66H61BN2O4. The van der Waals surface area contributed by atoms with Gasteiger partial charge in [-0.25, -0.2) is 0 Å². The van der Waals surface area contributed by atoms with Gasteiger partial charge in [0.05, 0.1) is 11.4 Å². The van der Waals surface area contributed by atoms with Crippen molar-refractivity contribution in [2.45, 2.75) is 106 Å². The first kappa shape index (κ1) is 45.2. The fourth-order valence-corrected chi connectivity index (χ4v) is 12.0. The zero-order chi connectivity index (χ0) is 50.8. The Bertz CT molecular complexity index is 3750. The van der Waals surface area contributed by atoms with E-state index in [0.717, 1.165) is 134 Å². The van der Waals surface area contributed by atoms with E-state index in [-0.39, 0.29) is 23.0 Å². The van der Waals surface area contributed by atoms with Gasteiger partial charge in [0.2, 0.25) is 11.8 Å². The van der Waals surface area contributed by atoms with E-state index in [9.17, 15) is 0 Å². The van der Waals surface area contributed by atoms with E-state index in [4.69, 9.17) is 17.7 Å². The van der Waals surface area contributed by atoms with Crippen LogP contribution >= 0.6 is 0 Å². The molecule has 0 saturated carbocycles. The molecule has 73 heavy (non-hydrogen) atoms. The molecule has 362 valence electrons. The minimum Gasteiger partial charge on any atom is -0.456 e. The van der Waals surface area contributed by atoms with Crippen LogP contribution in [0.2, 0.25) is 0 Å². The molecule has 2 aliphatic heterocycles. The summed E-state index contributed by atoms with van der Waals surface area (Å²) in [5.41, 5.74) is 21.3. The van der Waals surface area contributed by atoms with Crippen LogP contribution in [0, 0.1) is 27.7 Å². The van der Waals surface area contributed by atoms with Gasteiger partial charge < -0.3 is 17.7 Å². The van der Waals surface area contributed by atoms with Crippen LogP contribution in [-0.4, -0.2) is 6.71 Å². The molecule has 4 aromatic heterocycles. The first-order valence-corrected chi connectivity index (χ1v) is 25.8. The lowest BCUT2D eigenvalue weighted by Gasteiger charge is -2.43. The second-order valence-corrected chi connectivity index (χ2v) is 24.1. The summed E-state index contributed by atoms with van der Waals surface area (Å²) in [5.74, 6) is 3.37. The number of aryl methyl sites for hydroxylation is 4. The minimum absolute atomic E-state index is 0.0981. The molecule has 6 heterocycles. The Balaban J connectivity index is 1.14. The Hall–Kier alpha value is -7.64. The predicted octanol–water partition coefficient (Wildman–Crippen LogP) is 17.2. The zero-order valence-corrected chi connectivity index (χ0v) is 44.3. The average molecular weight is 957 g/mol. The second-order valence-electron chi connectivity index (χ2n) is 24.1. The van der Waals surface area contributed by atoms with Gasteiger partial charge in [-0.2, -0.15) is 0 Å². The first-order valence-electron chi connectivity index (χ1n) is 25.8. The molecular weight excluding hydrogens is 896 g/mol. The number of benzene rings is 7. The fourth-order valence-electron chi connectivity index (χ4n) is 12.0. The molecule has 7 heteroatoms. The van der Waals surface area contributed by atoms with E-state index >= 15 is 0 Å². The maximum absolute atomic E-state index is 7.43. The molecule has 0 unspecified atom stereocenters. The van der Waals surface area contributed by atoms with Crippen molar-refractivity contribution in [3.63, 3.8) is 0 Å². The van der Waals surface area contributed by atoms with E-state index in [2.05, 4.69) is 209 Å². The summed E-state index contributed by atoms with van der Waals surface area (Å²) in [6.07, 6.45) is 0. The molecule has 0 radical (unpaired) electrons. The van der Waals surface area contributed by atoms with Gasteiger partial charge in [0.25, 0.3) is 6.71 Å². The highest BCUT2D eigenvalue weighted by Crippen LogP contribution is 2.52. The van der Waals surface area contributed by atoms with Crippen LogP contribution in [-0.2, 0) is 16.2 Å². The van der Waals surface area contributed by atoms with Crippen LogP contribution in [0.1, 0.15) is 101 Å². The van der Waals surface area contributed by atoms with Crippen molar-refractivity contribution in [1.82, 2.24) is 0 Å². The Morgan fingerprint density at radius 2 is 0.753 bits per heavy atom. The number of nitrogens with zero attached hydrogens (tertiary/aromatic N) is 2. The maximum Gasteiger partial charge on any atom is 0.262 e. The molecule has 0 spiro atoms. The van der Waals surface area contributed by atoms with Crippen LogP contribution in [0.15, 0.2) is 151 Å². The zero-order valence-electron chi connectivity index (χ0n) is 44.3. The van der Waals surface area contributed by atoms with Gasteiger partial charge in [0, 0.05) is 55.0 Å². The molecule has 0 atom stereocenters. The number of fused-ring (bicyclic) bond motifs is 10. The van der Waals surface area contributed by atoms with Crippen LogP contribution in [0.5, 0.6) is 0 Å². The third-order valence-electron chi connectivity index (χ3n) is 15.8. The smallest absolute Gasteiger partial charge is 0.262 e. The van der Waals surface area contributed by atoms with Crippen molar-refractivity contribution in [3.8, 4) is 22.6 Å². The van der Waals surface area contributed by atoms with Crippen molar-refractivity contribution in [2.75, 3.05) is 9.80 Å². The maximum atomic E-state index is 7.43. The van der Waals surface area contributed by atoms with E-state index < -0.39 is 0 Å². The number of rotatable bonds is 4. The third-order valence-corrected chi connectivity index (χ3v) is 15.8. The lowest BCUT2D eigenvalue weighted by molar-refractivity contribution is 0.587. The summed E-state index contributed by atoms with van der Waals surface area (Å²) in [6, 6.07) is 48.5. The Morgan fingerprint density at radius 1 is 0.370 bits per heavy atom. The Morgan fingerprint density at radius 3 is 1.12 bits per heavy atom. The van der Waals surface area contributed by atoms with Gasteiger partial charge in [-0.05, 0) is 173 Å².